The van der Waals surface area contributed by atoms with Crippen molar-refractivity contribution < 1.29 is 22.5 Å². The van der Waals surface area contributed by atoms with Crippen LogP contribution in [0.1, 0.15) is 62.0 Å². The number of rotatable bonds is 5. The number of alkyl halides is 3. The minimum atomic E-state index is -4.55. The number of nitrogens with zero attached hydrogens (tertiary/aromatic N) is 5. The van der Waals surface area contributed by atoms with Gasteiger partial charge < -0.3 is 14.0 Å². The van der Waals surface area contributed by atoms with Crippen molar-refractivity contribution in [3.8, 4) is 0 Å². The van der Waals surface area contributed by atoms with Crippen molar-refractivity contribution >= 4 is 17.0 Å². The summed E-state index contributed by atoms with van der Waals surface area (Å²) in [6, 6.07) is 1.01. The van der Waals surface area contributed by atoms with Crippen molar-refractivity contribution in [1.29, 1.82) is 0 Å². The third-order valence-electron chi connectivity index (χ3n) is 5.86. The van der Waals surface area contributed by atoms with Crippen molar-refractivity contribution in [3.05, 3.63) is 41.7 Å². The number of imidazole rings is 1. The van der Waals surface area contributed by atoms with Crippen LogP contribution >= 0.6 is 0 Å². The highest BCUT2D eigenvalue weighted by atomic mass is 19.4. The van der Waals surface area contributed by atoms with Gasteiger partial charge in [-0.15, -0.1) is 0 Å². The summed E-state index contributed by atoms with van der Waals surface area (Å²) in [6.45, 7) is 4.55. The minimum Gasteiger partial charge on any atom is -0.342 e. The van der Waals surface area contributed by atoms with Gasteiger partial charge in [0.2, 0.25) is 5.91 Å². The van der Waals surface area contributed by atoms with Crippen LogP contribution in [0.5, 0.6) is 0 Å². The molecule has 4 rings (SSSR count). The molecule has 4 heterocycles. The molecular formula is C21H24F3N5O2. The van der Waals surface area contributed by atoms with Gasteiger partial charge in [-0.3, -0.25) is 4.79 Å². The topological polar surface area (TPSA) is 77.0 Å². The van der Waals surface area contributed by atoms with Gasteiger partial charge in [-0.25, -0.2) is 9.97 Å². The van der Waals surface area contributed by atoms with Crippen molar-refractivity contribution in [2.24, 2.45) is 0 Å². The highest BCUT2D eigenvalue weighted by molar-refractivity contribution is 5.82. The summed E-state index contributed by atoms with van der Waals surface area (Å²) in [6.07, 6.45) is 2.54. The van der Waals surface area contributed by atoms with Crippen molar-refractivity contribution in [1.82, 2.24) is 24.6 Å². The molecule has 1 fully saturated rings. The fraction of sp³-hybridized carbons (Fsp3) is 0.524. The van der Waals surface area contributed by atoms with Crippen molar-refractivity contribution in [3.63, 3.8) is 0 Å². The van der Waals surface area contributed by atoms with Gasteiger partial charge in [0, 0.05) is 49.6 Å². The summed E-state index contributed by atoms with van der Waals surface area (Å²) in [5.74, 6) is -0.376. The van der Waals surface area contributed by atoms with E-state index in [2.05, 4.69) is 15.1 Å². The quantitative estimate of drug-likeness (QED) is 0.595. The van der Waals surface area contributed by atoms with E-state index >= 15 is 0 Å². The Morgan fingerprint density at radius 1 is 1.39 bits per heavy atom. The van der Waals surface area contributed by atoms with Crippen LogP contribution in [0.4, 0.5) is 13.2 Å². The normalized spacial score (nSPS) is 18.5. The summed E-state index contributed by atoms with van der Waals surface area (Å²) in [7, 11) is 0. The van der Waals surface area contributed by atoms with Gasteiger partial charge in [0.05, 0.1) is 23.0 Å². The van der Waals surface area contributed by atoms with E-state index < -0.39 is 11.7 Å². The number of hydrogen-bond acceptors (Lipinski definition) is 5. The van der Waals surface area contributed by atoms with E-state index in [9.17, 15) is 18.0 Å². The molecule has 0 saturated carbocycles. The largest absolute Gasteiger partial charge is 0.417 e. The zero-order chi connectivity index (χ0) is 22.2. The predicted octanol–water partition coefficient (Wildman–Crippen LogP) is 4.36. The molecule has 10 heteroatoms. The average Bonchev–Trinajstić information content (AvgIpc) is 3.42. The molecule has 0 N–H and O–H groups in total. The van der Waals surface area contributed by atoms with Gasteiger partial charge in [-0.2, -0.15) is 13.2 Å². The van der Waals surface area contributed by atoms with Crippen LogP contribution in [0.2, 0.25) is 0 Å². The Morgan fingerprint density at radius 2 is 2.19 bits per heavy atom. The first kappa shape index (κ1) is 21.3. The molecule has 1 amide bonds. The molecular weight excluding hydrogens is 411 g/mol. The fourth-order valence-electron chi connectivity index (χ4n) is 4.15. The number of halogens is 3. The fourth-order valence-corrected chi connectivity index (χ4v) is 4.15. The second-order valence-corrected chi connectivity index (χ2v) is 8.00. The number of carbonyl (C=O) groups is 1. The lowest BCUT2D eigenvalue weighted by Gasteiger charge is -2.33. The van der Waals surface area contributed by atoms with Crippen molar-refractivity contribution in [2.75, 3.05) is 13.1 Å². The van der Waals surface area contributed by atoms with Gasteiger partial charge in [0.15, 0.2) is 0 Å². The average molecular weight is 435 g/mol. The summed E-state index contributed by atoms with van der Waals surface area (Å²) >= 11 is 0. The number of piperidine rings is 1. The maximum absolute atomic E-state index is 13.8. The molecule has 0 aliphatic carbocycles. The zero-order valence-corrected chi connectivity index (χ0v) is 17.4. The molecule has 0 radical (unpaired) electrons. The van der Waals surface area contributed by atoms with Crippen LogP contribution in [0.15, 0.2) is 29.3 Å². The van der Waals surface area contributed by atoms with Gasteiger partial charge in [0.25, 0.3) is 5.71 Å². The summed E-state index contributed by atoms with van der Waals surface area (Å²) in [5.41, 5.74) is -0.337. The van der Waals surface area contributed by atoms with Gasteiger partial charge in [-0.1, -0.05) is 12.1 Å². The number of aromatic nitrogens is 4. The lowest BCUT2D eigenvalue weighted by Crippen LogP contribution is -2.40. The Hall–Kier alpha value is -2.91. The number of pyridine rings is 1. The Morgan fingerprint density at radius 3 is 2.87 bits per heavy atom. The Kier molecular flexibility index (Phi) is 5.72. The lowest BCUT2D eigenvalue weighted by molar-refractivity contribution is -0.136. The zero-order valence-electron chi connectivity index (χ0n) is 17.4. The second kappa shape index (κ2) is 8.32. The van der Waals surface area contributed by atoms with Crippen LogP contribution in [0.3, 0.4) is 0 Å². The molecule has 1 aliphatic heterocycles. The Labute approximate surface area is 177 Å². The summed E-state index contributed by atoms with van der Waals surface area (Å²) < 4.78 is 48.4. The predicted molar refractivity (Wildman–Crippen MR) is 106 cm³/mol. The van der Waals surface area contributed by atoms with E-state index in [1.165, 1.54) is 0 Å². The number of amides is 1. The molecule has 1 saturated heterocycles. The molecule has 0 bridgehead atoms. The number of fused-ring (bicyclic) bond motifs is 1. The van der Waals surface area contributed by atoms with Crippen molar-refractivity contribution in [2.45, 2.75) is 57.7 Å². The molecule has 31 heavy (non-hydrogen) atoms. The van der Waals surface area contributed by atoms with E-state index in [0.717, 1.165) is 6.07 Å². The Bertz CT molecular complexity index is 1060. The lowest BCUT2D eigenvalue weighted by atomic mass is 9.91. The first-order valence-electron chi connectivity index (χ1n) is 10.4. The third kappa shape index (κ3) is 4.28. The smallest absolute Gasteiger partial charge is 0.342 e. The highest BCUT2D eigenvalue weighted by Crippen LogP contribution is 2.40. The van der Waals surface area contributed by atoms with Crippen LogP contribution in [-0.4, -0.2) is 43.6 Å². The molecule has 3 aromatic rings. The molecule has 1 aliphatic rings. The number of aryl methyl sites for hydroxylation is 1. The molecule has 7 nitrogen and oxygen atoms in total. The maximum Gasteiger partial charge on any atom is 0.417 e. The standard InChI is InChI=1S/C21H24F3N5O2/c1-3-15-10-16(21(22,23)24)18-19(27-31-20(18)26-15)14-5-4-7-28(11-14)17(30)9-13(2)29-8-6-25-12-29/h6,8,10,12-14H,3-5,7,9,11H2,1-2H3/t13-,14+/m0/s1. The molecule has 2 atom stereocenters. The Balaban J connectivity index is 1.59. The molecule has 166 valence electrons. The SMILES string of the molecule is CCc1cc(C(F)(F)F)c2c([C@@H]3CCCN(C(=O)C[C@H](C)n4ccnc4)C3)noc2n1. The van der Waals surface area contributed by atoms with Crippen LogP contribution < -0.4 is 0 Å². The number of likely N-dealkylation sites (tertiary alicyclic amines) is 1. The van der Waals surface area contributed by atoms with Gasteiger partial charge in [0.1, 0.15) is 0 Å². The van der Waals surface area contributed by atoms with Crippen LogP contribution in [0, 0.1) is 0 Å². The molecule has 3 aromatic heterocycles. The highest BCUT2D eigenvalue weighted by Gasteiger charge is 2.38. The first-order valence-corrected chi connectivity index (χ1v) is 10.4. The summed E-state index contributed by atoms with van der Waals surface area (Å²) in [5, 5.41) is 3.89. The van der Waals surface area contributed by atoms with E-state index in [1.807, 2.05) is 11.5 Å². The summed E-state index contributed by atoms with van der Waals surface area (Å²) in [4.78, 5) is 22.7. The number of carbonyl (C=O) groups excluding carboxylic acids is 1. The third-order valence-corrected chi connectivity index (χ3v) is 5.86. The first-order chi connectivity index (χ1) is 14.8. The van der Waals surface area contributed by atoms with E-state index in [0.29, 0.717) is 38.0 Å². The van der Waals surface area contributed by atoms with Crippen LogP contribution in [-0.2, 0) is 17.4 Å². The van der Waals surface area contributed by atoms with Gasteiger partial charge in [-0.05, 0) is 32.3 Å². The number of hydrogen-bond donors (Lipinski definition) is 0. The molecule has 0 unspecified atom stereocenters. The van der Waals surface area contributed by atoms with Crippen LogP contribution in [0.25, 0.3) is 11.1 Å². The van der Waals surface area contributed by atoms with E-state index in [4.69, 9.17) is 4.52 Å². The van der Waals surface area contributed by atoms with E-state index in [-0.39, 0.29) is 41.1 Å². The maximum atomic E-state index is 13.8. The van der Waals surface area contributed by atoms with E-state index in [1.54, 1.807) is 30.5 Å². The monoisotopic (exact) mass is 435 g/mol. The minimum absolute atomic E-state index is 0.0406. The molecule has 0 aromatic carbocycles. The van der Waals surface area contributed by atoms with Gasteiger partial charge >= 0.3 is 6.18 Å². The molecule has 0 spiro atoms. The second-order valence-electron chi connectivity index (χ2n) is 8.00.